The van der Waals surface area contributed by atoms with Crippen LogP contribution in [0, 0.1) is 11.8 Å². The van der Waals surface area contributed by atoms with Crippen LogP contribution in [0.1, 0.15) is 96.8 Å². The highest BCUT2D eigenvalue weighted by atomic mass is 16.3. The van der Waals surface area contributed by atoms with Crippen molar-refractivity contribution in [3.05, 3.63) is 11.3 Å². The van der Waals surface area contributed by atoms with Crippen LogP contribution in [-0.2, 0) is 4.79 Å². The monoisotopic (exact) mass is 306 g/mol. The number of aliphatic hydroxyl groups excluding tert-OH is 1. The van der Waals surface area contributed by atoms with Crippen LogP contribution in [0.3, 0.4) is 0 Å². The van der Waals surface area contributed by atoms with Gasteiger partial charge in [0.2, 0.25) is 0 Å². The number of ketones is 1. The molecule has 2 nitrogen and oxygen atoms in total. The van der Waals surface area contributed by atoms with Gasteiger partial charge in [-0.25, -0.2) is 0 Å². The van der Waals surface area contributed by atoms with Crippen molar-refractivity contribution in [1.29, 1.82) is 0 Å². The summed E-state index contributed by atoms with van der Waals surface area (Å²) >= 11 is 0. The van der Waals surface area contributed by atoms with Gasteiger partial charge in [0.25, 0.3) is 0 Å². The lowest BCUT2D eigenvalue weighted by molar-refractivity contribution is -0.116. The highest BCUT2D eigenvalue weighted by Crippen LogP contribution is 2.30. The summed E-state index contributed by atoms with van der Waals surface area (Å²) < 4.78 is 0. The Labute approximate surface area is 136 Å². The quantitative estimate of drug-likeness (QED) is 0.455. The molecule has 22 heavy (non-hydrogen) atoms. The van der Waals surface area contributed by atoms with Gasteiger partial charge in [-0.2, -0.15) is 0 Å². The molecule has 2 saturated carbocycles. The molecule has 0 aromatic carbocycles. The molecule has 2 heteroatoms. The van der Waals surface area contributed by atoms with Crippen molar-refractivity contribution in [2.24, 2.45) is 11.8 Å². The molecule has 0 amide bonds. The van der Waals surface area contributed by atoms with Gasteiger partial charge < -0.3 is 5.11 Å². The smallest absolute Gasteiger partial charge is 0.161 e. The fraction of sp³-hybridized carbons (Fsp3) is 0.850. The molecule has 0 atom stereocenters. The highest BCUT2D eigenvalue weighted by molar-refractivity contribution is 5.95. The summed E-state index contributed by atoms with van der Waals surface area (Å²) in [5.41, 5.74) is 0.631. The molecule has 0 aromatic rings. The molecule has 0 bridgehead atoms. The summed E-state index contributed by atoms with van der Waals surface area (Å²) in [6.07, 6.45) is 16.7. The number of allylic oxidation sites excluding steroid dienone is 2. The number of rotatable bonds is 7. The molecule has 2 aliphatic rings. The van der Waals surface area contributed by atoms with E-state index in [0.717, 1.165) is 24.7 Å². The number of carbonyl (C=O) groups is 1. The molecule has 1 N–H and O–H groups in total. The Hall–Kier alpha value is -0.790. The second-order valence-corrected chi connectivity index (χ2v) is 7.58. The molecule has 2 aliphatic carbocycles. The largest absolute Gasteiger partial charge is 0.512 e. The van der Waals surface area contributed by atoms with Crippen LogP contribution >= 0.6 is 0 Å². The molecule has 0 heterocycles. The molecule has 0 aliphatic heterocycles. The van der Waals surface area contributed by atoms with Crippen LogP contribution in [0.15, 0.2) is 11.3 Å². The summed E-state index contributed by atoms with van der Waals surface area (Å²) in [6.45, 7) is 1.82. The third-order valence-corrected chi connectivity index (χ3v) is 5.87. The van der Waals surface area contributed by atoms with Crippen LogP contribution in [0.25, 0.3) is 0 Å². The second kappa shape index (κ2) is 9.37. The van der Waals surface area contributed by atoms with Crippen LogP contribution < -0.4 is 0 Å². The minimum atomic E-state index is 0.173. The van der Waals surface area contributed by atoms with Crippen molar-refractivity contribution in [3.8, 4) is 0 Å². The van der Waals surface area contributed by atoms with Gasteiger partial charge in [0.15, 0.2) is 5.78 Å². The topological polar surface area (TPSA) is 37.3 Å². The lowest BCUT2D eigenvalue weighted by Crippen LogP contribution is -2.11. The van der Waals surface area contributed by atoms with E-state index in [1.807, 2.05) is 6.92 Å². The molecular formula is C20H34O2. The first kappa shape index (κ1) is 17.6. The highest BCUT2D eigenvalue weighted by Gasteiger charge is 2.18. The van der Waals surface area contributed by atoms with E-state index >= 15 is 0 Å². The third-order valence-electron chi connectivity index (χ3n) is 5.87. The molecule has 0 radical (unpaired) electrons. The number of hydrogen-bond acceptors (Lipinski definition) is 2. The van der Waals surface area contributed by atoms with Crippen LogP contribution in [0.5, 0.6) is 0 Å². The summed E-state index contributed by atoms with van der Waals surface area (Å²) in [4.78, 5) is 12.3. The van der Waals surface area contributed by atoms with Gasteiger partial charge in [0.1, 0.15) is 0 Å². The fourth-order valence-electron chi connectivity index (χ4n) is 4.16. The van der Waals surface area contributed by atoms with Gasteiger partial charge in [-0.15, -0.1) is 0 Å². The first-order valence-corrected chi connectivity index (χ1v) is 9.58. The van der Waals surface area contributed by atoms with E-state index in [1.165, 1.54) is 64.2 Å². The predicted octanol–water partition coefficient (Wildman–Crippen LogP) is 6.11. The van der Waals surface area contributed by atoms with Crippen LogP contribution in [0.4, 0.5) is 0 Å². The Balaban J connectivity index is 1.71. The standard InChI is InChI=1S/C20H34O2/c1-16(19(21)14-12-17-8-4-2-5-9-17)20(22)15-13-18-10-6-3-7-11-18/h17-18,21H,2-15H2,1H3/b19-16-. The molecule has 2 fully saturated rings. The van der Waals surface area contributed by atoms with Gasteiger partial charge in [-0.3, -0.25) is 4.79 Å². The van der Waals surface area contributed by atoms with E-state index in [9.17, 15) is 9.90 Å². The number of hydrogen-bond donors (Lipinski definition) is 1. The third kappa shape index (κ3) is 5.78. The summed E-state index contributed by atoms with van der Waals surface area (Å²) in [6, 6.07) is 0. The minimum Gasteiger partial charge on any atom is -0.512 e. The Kier molecular flexibility index (Phi) is 7.48. The zero-order valence-corrected chi connectivity index (χ0v) is 14.4. The van der Waals surface area contributed by atoms with Gasteiger partial charge in [0, 0.05) is 18.4 Å². The predicted molar refractivity (Wildman–Crippen MR) is 92.0 cm³/mol. The number of aliphatic hydroxyl groups is 1. The summed E-state index contributed by atoms with van der Waals surface area (Å²) in [7, 11) is 0. The van der Waals surface area contributed by atoms with Gasteiger partial charge in [-0.1, -0.05) is 64.2 Å². The van der Waals surface area contributed by atoms with E-state index in [1.54, 1.807) is 0 Å². The molecule has 2 rings (SSSR count). The molecule has 0 aromatic heterocycles. The zero-order valence-electron chi connectivity index (χ0n) is 14.4. The molecular weight excluding hydrogens is 272 g/mol. The van der Waals surface area contributed by atoms with E-state index in [0.29, 0.717) is 24.2 Å². The molecule has 126 valence electrons. The Morgan fingerprint density at radius 2 is 1.27 bits per heavy atom. The average Bonchev–Trinajstić information content (AvgIpc) is 2.58. The van der Waals surface area contributed by atoms with E-state index in [2.05, 4.69) is 0 Å². The van der Waals surface area contributed by atoms with Crippen molar-refractivity contribution in [3.63, 3.8) is 0 Å². The van der Waals surface area contributed by atoms with Crippen LogP contribution in [0.2, 0.25) is 0 Å². The maximum Gasteiger partial charge on any atom is 0.161 e. The fourth-order valence-corrected chi connectivity index (χ4v) is 4.16. The Bertz CT molecular complexity index is 371. The first-order valence-electron chi connectivity index (χ1n) is 9.58. The maximum absolute atomic E-state index is 12.3. The Morgan fingerprint density at radius 3 is 1.77 bits per heavy atom. The van der Waals surface area contributed by atoms with Crippen molar-refractivity contribution < 1.29 is 9.90 Å². The normalized spacial score (nSPS) is 22.4. The summed E-state index contributed by atoms with van der Waals surface area (Å²) in [5.74, 6) is 2.04. The van der Waals surface area contributed by atoms with Gasteiger partial charge in [0.05, 0.1) is 5.76 Å². The molecule has 0 spiro atoms. The van der Waals surface area contributed by atoms with E-state index in [-0.39, 0.29) is 5.78 Å². The van der Waals surface area contributed by atoms with Crippen molar-refractivity contribution in [2.75, 3.05) is 0 Å². The van der Waals surface area contributed by atoms with Crippen molar-refractivity contribution in [2.45, 2.75) is 96.8 Å². The minimum absolute atomic E-state index is 0.173. The zero-order chi connectivity index (χ0) is 15.8. The lowest BCUT2D eigenvalue weighted by atomic mass is 9.84. The van der Waals surface area contributed by atoms with Crippen LogP contribution in [-0.4, -0.2) is 10.9 Å². The lowest BCUT2D eigenvalue weighted by Gasteiger charge is -2.22. The maximum atomic E-state index is 12.3. The van der Waals surface area contributed by atoms with Crippen molar-refractivity contribution >= 4 is 5.78 Å². The Morgan fingerprint density at radius 1 is 0.818 bits per heavy atom. The van der Waals surface area contributed by atoms with Gasteiger partial charge >= 0.3 is 0 Å². The second-order valence-electron chi connectivity index (χ2n) is 7.58. The first-order chi connectivity index (χ1) is 10.7. The van der Waals surface area contributed by atoms with Gasteiger partial charge in [-0.05, 0) is 31.6 Å². The average molecular weight is 306 g/mol. The number of carbonyl (C=O) groups excluding carboxylic acids is 1. The SMILES string of the molecule is C/C(C(=O)CCC1CCCCC1)=C(/O)CCC1CCCCC1. The van der Waals surface area contributed by atoms with E-state index in [4.69, 9.17) is 0 Å². The summed E-state index contributed by atoms with van der Waals surface area (Å²) in [5, 5.41) is 10.2. The van der Waals surface area contributed by atoms with E-state index < -0.39 is 0 Å². The molecule has 0 unspecified atom stereocenters. The molecule has 0 saturated heterocycles. The van der Waals surface area contributed by atoms with Crippen molar-refractivity contribution in [1.82, 2.24) is 0 Å². The number of Topliss-reactive ketones (excluding diaryl/α,β-unsaturated/α-hetero) is 1.